The summed E-state index contributed by atoms with van der Waals surface area (Å²) in [5, 5.41) is 11.5. The maximum atomic E-state index is 12.0. The number of amides is 1. The Morgan fingerprint density at radius 1 is 1.19 bits per heavy atom. The summed E-state index contributed by atoms with van der Waals surface area (Å²) in [6.07, 6.45) is -0.944. The molecule has 7 nitrogen and oxygen atoms in total. The molecule has 114 valence electrons. The lowest BCUT2D eigenvalue weighted by atomic mass is 10.2. The first kappa shape index (κ1) is 15.1. The van der Waals surface area contributed by atoms with Crippen molar-refractivity contribution in [2.45, 2.75) is 25.0 Å². The van der Waals surface area contributed by atoms with E-state index < -0.39 is 18.2 Å². The van der Waals surface area contributed by atoms with Crippen LogP contribution < -0.4 is 14.8 Å². The minimum Gasteiger partial charge on any atom is -0.493 e. The van der Waals surface area contributed by atoms with Crippen LogP contribution in [0.1, 0.15) is 12.8 Å². The predicted octanol–water partition coefficient (Wildman–Crippen LogP) is 1.27. The number of carbonyl (C=O) groups is 2. The molecule has 0 radical (unpaired) electrons. The molecule has 0 aromatic heterocycles. The largest absolute Gasteiger partial charge is 0.493 e. The Balaban J connectivity index is 2.02. The molecule has 7 heteroatoms. The molecule has 0 aliphatic carbocycles. The highest BCUT2D eigenvalue weighted by molar-refractivity contribution is 5.95. The van der Waals surface area contributed by atoms with E-state index in [9.17, 15) is 9.59 Å². The molecule has 1 amide bonds. The fraction of sp³-hybridized carbons (Fsp3) is 0.429. The van der Waals surface area contributed by atoms with Gasteiger partial charge in [0.15, 0.2) is 17.6 Å². The van der Waals surface area contributed by atoms with E-state index in [2.05, 4.69) is 5.32 Å². The van der Waals surface area contributed by atoms with Crippen LogP contribution in [0.2, 0.25) is 0 Å². The lowest BCUT2D eigenvalue weighted by Crippen LogP contribution is -2.29. The molecule has 1 saturated heterocycles. The summed E-state index contributed by atoms with van der Waals surface area (Å²) in [7, 11) is 3.02. The number of methoxy groups -OCH3 is 2. The number of anilines is 1. The molecule has 1 aromatic rings. The molecule has 2 atom stereocenters. The summed E-state index contributed by atoms with van der Waals surface area (Å²) in [5.74, 6) is -0.369. The monoisotopic (exact) mass is 295 g/mol. The molecule has 1 fully saturated rings. The topological polar surface area (TPSA) is 94.1 Å². The highest BCUT2D eigenvalue weighted by atomic mass is 16.5. The van der Waals surface area contributed by atoms with Gasteiger partial charge in [0.1, 0.15) is 6.10 Å². The lowest BCUT2D eigenvalue weighted by Gasteiger charge is -2.13. The van der Waals surface area contributed by atoms with Gasteiger partial charge < -0.3 is 24.6 Å². The van der Waals surface area contributed by atoms with Gasteiger partial charge in [0.25, 0.3) is 5.91 Å². The van der Waals surface area contributed by atoms with Crippen molar-refractivity contribution in [2.24, 2.45) is 0 Å². The van der Waals surface area contributed by atoms with Crippen molar-refractivity contribution in [3.63, 3.8) is 0 Å². The molecule has 2 rings (SSSR count). The molecular weight excluding hydrogens is 278 g/mol. The Kier molecular flexibility index (Phi) is 4.64. The number of ether oxygens (including phenoxy) is 3. The second-order valence-corrected chi connectivity index (χ2v) is 4.59. The van der Waals surface area contributed by atoms with Crippen molar-refractivity contribution in [3.05, 3.63) is 18.2 Å². The van der Waals surface area contributed by atoms with Crippen LogP contribution in [0.25, 0.3) is 0 Å². The first-order valence-electron chi connectivity index (χ1n) is 6.46. The standard InChI is InChI=1S/C14H17NO6/c1-19-9-4-3-8(7-12(9)20-2)15-13(16)10-5-6-11(21-10)14(17)18/h3-4,7,10-11H,5-6H2,1-2H3,(H,15,16)(H,17,18). The van der Waals surface area contributed by atoms with Gasteiger partial charge in [0.05, 0.1) is 14.2 Å². The smallest absolute Gasteiger partial charge is 0.332 e. The number of nitrogens with one attached hydrogen (secondary N) is 1. The van der Waals surface area contributed by atoms with E-state index in [0.717, 1.165) is 0 Å². The average molecular weight is 295 g/mol. The molecule has 0 saturated carbocycles. The van der Waals surface area contributed by atoms with Crippen molar-refractivity contribution in [2.75, 3.05) is 19.5 Å². The van der Waals surface area contributed by atoms with E-state index in [1.165, 1.54) is 14.2 Å². The summed E-state index contributed by atoms with van der Waals surface area (Å²) in [6.45, 7) is 0. The predicted molar refractivity (Wildman–Crippen MR) is 73.7 cm³/mol. The number of hydrogen-bond acceptors (Lipinski definition) is 5. The zero-order valence-corrected chi connectivity index (χ0v) is 11.8. The zero-order chi connectivity index (χ0) is 15.4. The van der Waals surface area contributed by atoms with Crippen molar-refractivity contribution in [1.82, 2.24) is 0 Å². The first-order valence-corrected chi connectivity index (χ1v) is 6.46. The molecule has 1 aromatic carbocycles. The fourth-order valence-corrected chi connectivity index (χ4v) is 2.15. The SMILES string of the molecule is COc1ccc(NC(=O)C2CCC(C(=O)O)O2)cc1OC. The van der Waals surface area contributed by atoms with Crippen molar-refractivity contribution >= 4 is 17.6 Å². The minimum atomic E-state index is -1.04. The van der Waals surface area contributed by atoms with E-state index in [1.807, 2.05) is 0 Å². The van der Waals surface area contributed by atoms with Gasteiger partial charge in [-0.2, -0.15) is 0 Å². The number of carboxylic acids is 1. The second-order valence-electron chi connectivity index (χ2n) is 4.59. The normalized spacial score (nSPS) is 20.9. The van der Waals surface area contributed by atoms with Crippen LogP contribution in [0.4, 0.5) is 5.69 Å². The van der Waals surface area contributed by atoms with Gasteiger partial charge in [-0.05, 0) is 25.0 Å². The lowest BCUT2D eigenvalue weighted by molar-refractivity contribution is -0.150. The highest BCUT2D eigenvalue weighted by Gasteiger charge is 2.34. The maximum Gasteiger partial charge on any atom is 0.332 e. The average Bonchev–Trinajstić information content (AvgIpc) is 2.97. The van der Waals surface area contributed by atoms with E-state index in [0.29, 0.717) is 30.0 Å². The van der Waals surface area contributed by atoms with Crippen molar-refractivity contribution in [3.8, 4) is 11.5 Å². The Hall–Kier alpha value is -2.28. The number of carboxylic acid groups (broad SMARTS) is 1. The van der Waals surface area contributed by atoms with Crippen LogP contribution in [0, 0.1) is 0 Å². The van der Waals surface area contributed by atoms with Gasteiger partial charge >= 0.3 is 5.97 Å². The Bertz CT molecular complexity index is 544. The van der Waals surface area contributed by atoms with Crippen LogP contribution in [0.3, 0.4) is 0 Å². The highest BCUT2D eigenvalue weighted by Crippen LogP contribution is 2.30. The van der Waals surface area contributed by atoms with E-state index in [4.69, 9.17) is 19.3 Å². The van der Waals surface area contributed by atoms with Gasteiger partial charge in [-0.3, -0.25) is 4.79 Å². The number of rotatable bonds is 5. The third kappa shape index (κ3) is 3.43. The molecule has 2 N–H and O–H groups in total. The van der Waals surface area contributed by atoms with E-state index >= 15 is 0 Å². The minimum absolute atomic E-state index is 0.333. The van der Waals surface area contributed by atoms with Crippen LogP contribution in [0.5, 0.6) is 11.5 Å². The van der Waals surface area contributed by atoms with Gasteiger partial charge in [0, 0.05) is 11.8 Å². The third-order valence-corrected chi connectivity index (χ3v) is 3.24. The number of hydrogen-bond donors (Lipinski definition) is 2. The fourth-order valence-electron chi connectivity index (χ4n) is 2.15. The quantitative estimate of drug-likeness (QED) is 0.849. The Morgan fingerprint density at radius 2 is 1.86 bits per heavy atom. The van der Waals surface area contributed by atoms with Gasteiger partial charge in [-0.1, -0.05) is 0 Å². The molecular formula is C14H17NO6. The molecule has 1 heterocycles. The number of benzene rings is 1. The van der Waals surface area contributed by atoms with E-state index in [1.54, 1.807) is 18.2 Å². The summed E-state index contributed by atoms with van der Waals surface area (Å²) < 4.78 is 15.4. The molecule has 1 aliphatic heterocycles. The zero-order valence-electron chi connectivity index (χ0n) is 11.8. The summed E-state index contributed by atoms with van der Waals surface area (Å²) in [4.78, 5) is 22.8. The van der Waals surface area contributed by atoms with Crippen molar-refractivity contribution in [1.29, 1.82) is 0 Å². The van der Waals surface area contributed by atoms with Crippen LogP contribution in [-0.4, -0.2) is 43.4 Å². The molecule has 1 aliphatic rings. The summed E-state index contributed by atoms with van der Waals surface area (Å²) in [5.41, 5.74) is 0.528. The van der Waals surface area contributed by atoms with Crippen LogP contribution in [-0.2, 0) is 14.3 Å². The number of carbonyl (C=O) groups excluding carboxylic acids is 1. The molecule has 2 unspecified atom stereocenters. The van der Waals surface area contributed by atoms with Gasteiger partial charge in [-0.25, -0.2) is 4.79 Å². The summed E-state index contributed by atoms with van der Waals surface area (Å²) >= 11 is 0. The third-order valence-electron chi connectivity index (χ3n) is 3.24. The molecule has 21 heavy (non-hydrogen) atoms. The Labute approximate surface area is 121 Å². The van der Waals surface area contributed by atoms with E-state index in [-0.39, 0.29) is 5.91 Å². The van der Waals surface area contributed by atoms with Crippen LogP contribution >= 0.6 is 0 Å². The second kappa shape index (κ2) is 6.45. The van der Waals surface area contributed by atoms with Crippen molar-refractivity contribution < 1.29 is 28.9 Å². The van der Waals surface area contributed by atoms with Gasteiger partial charge in [-0.15, -0.1) is 0 Å². The summed E-state index contributed by atoms with van der Waals surface area (Å²) in [6, 6.07) is 4.97. The Morgan fingerprint density at radius 3 is 2.43 bits per heavy atom. The molecule has 0 bridgehead atoms. The molecule has 0 spiro atoms. The maximum absolute atomic E-state index is 12.0. The van der Waals surface area contributed by atoms with Crippen LogP contribution in [0.15, 0.2) is 18.2 Å². The number of aliphatic carboxylic acids is 1. The first-order chi connectivity index (χ1) is 10.0. The van der Waals surface area contributed by atoms with Gasteiger partial charge in [0.2, 0.25) is 0 Å².